The molecular formula is C17H20ClN3O3. The zero-order valence-corrected chi connectivity index (χ0v) is 14.7. The van der Waals surface area contributed by atoms with E-state index in [0.717, 1.165) is 11.1 Å². The normalized spacial score (nSPS) is 10.3. The minimum absolute atomic E-state index is 0.110. The minimum atomic E-state index is -0.346. The second-order valence-corrected chi connectivity index (χ2v) is 5.52. The van der Waals surface area contributed by atoms with Gasteiger partial charge in [-0.25, -0.2) is 4.68 Å². The van der Waals surface area contributed by atoms with Gasteiger partial charge in [-0.15, -0.1) is 6.58 Å². The molecule has 0 aliphatic heterocycles. The second-order valence-electron chi connectivity index (χ2n) is 5.14. The Hall–Kier alpha value is -2.47. The van der Waals surface area contributed by atoms with Gasteiger partial charge in [0.1, 0.15) is 5.02 Å². The highest BCUT2D eigenvalue weighted by Gasteiger charge is 2.12. The number of methoxy groups -OCH3 is 2. The lowest BCUT2D eigenvalue weighted by molar-refractivity contribution is 0.352. The average Bonchev–Trinajstić information content (AvgIpc) is 2.59. The van der Waals surface area contributed by atoms with E-state index < -0.39 is 0 Å². The van der Waals surface area contributed by atoms with Gasteiger partial charge in [0.2, 0.25) is 0 Å². The van der Waals surface area contributed by atoms with E-state index in [1.54, 1.807) is 27.3 Å². The van der Waals surface area contributed by atoms with E-state index >= 15 is 0 Å². The number of nitrogens with one attached hydrogen (secondary N) is 1. The fraction of sp³-hybridized carbons (Fsp3) is 0.294. The van der Waals surface area contributed by atoms with E-state index in [1.165, 1.54) is 10.9 Å². The number of hydrogen-bond donors (Lipinski definition) is 1. The summed E-state index contributed by atoms with van der Waals surface area (Å²) in [6.45, 7) is 4.22. The third-order valence-electron chi connectivity index (χ3n) is 3.54. The number of benzene rings is 1. The molecule has 1 aromatic carbocycles. The Labute approximate surface area is 145 Å². The summed E-state index contributed by atoms with van der Waals surface area (Å²) in [5.74, 6) is 1.33. The molecule has 0 saturated heterocycles. The van der Waals surface area contributed by atoms with E-state index in [2.05, 4.69) is 17.0 Å². The highest BCUT2D eigenvalue weighted by molar-refractivity contribution is 6.32. The van der Waals surface area contributed by atoms with Gasteiger partial charge in [-0.05, 0) is 24.1 Å². The zero-order chi connectivity index (χ0) is 17.7. The van der Waals surface area contributed by atoms with E-state index in [4.69, 9.17) is 21.1 Å². The summed E-state index contributed by atoms with van der Waals surface area (Å²) in [6.07, 6.45) is 3.98. The van der Waals surface area contributed by atoms with Gasteiger partial charge < -0.3 is 14.8 Å². The van der Waals surface area contributed by atoms with Crippen molar-refractivity contribution in [3.8, 4) is 11.5 Å². The van der Waals surface area contributed by atoms with Gasteiger partial charge in [0.25, 0.3) is 5.56 Å². The average molecular weight is 350 g/mol. The first-order valence-electron chi connectivity index (χ1n) is 7.32. The highest BCUT2D eigenvalue weighted by Crippen LogP contribution is 2.33. The lowest BCUT2D eigenvalue weighted by Gasteiger charge is -2.15. The lowest BCUT2D eigenvalue weighted by Crippen LogP contribution is -2.21. The van der Waals surface area contributed by atoms with Crippen LogP contribution in [0.25, 0.3) is 0 Å². The van der Waals surface area contributed by atoms with Crippen molar-refractivity contribution < 1.29 is 9.47 Å². The van der Waals surface area contributed by atoms with Crippen LogP contribution in [0.1, 0.15) is 11.1 Å². The summed E-state index contributed by atoms with van der Waals surface area (Å²) in [6, 6.07) is 3.87. The summed E-state index contributed by atoms with van der Waals surface area (Å²) >= 11 is 6.06. The number of rotatable bonds is 7. The minimum Gasteiger partial charge on any atom is -0.493 e. The molecule has 0 bridgehead atoms. The first-order valence-corrected chi connectivity index (χ1v) is 7.70. The van der Waals surface area contributed by atoms with E-state index in [9.17, 15) is 4.79 Å². The molecule has 0 fully saturated rings. The molecule has 1 heterocycles. The van der Waals surface area contributed by atoms with Gasteiger partial charge in [0.15, 0.2) is 11.5 Å². The molecule has 0 aliphatic carbocycles. The van der Waals surface area contributed by atoms with Crippen LogP contribution >= 0.6 is 11.6 Å². The zero-order valence-electron chi connectivity index (χ0n) is 13.9. The number of aromatic nitrogens is 2. The molecule has 0 spiro atoms. The lowest BCUT2D eigenvalue weighted by atomic mass is 10.1. The molecule has 0 unspecified atom stereocenters. The van der Waals surface area contributed by atoms with Crippen molar-refractivity contribution in [1.82, 2.24) is 9.78 Å². The maximum Gasteiger partial charge on any atom is 0.287 e. The molecule has 0 radical (unpaired) electrons. The van der Waals surface area contributed by atoms with Crippen LogP contribution in [0.3, 0.4) is 0 Å². The van der Waals surface area contributed by atoms with Crippen molar-refractivity contribution in [3.05, 3.63) is 57.5 Å². The van der Waals surface area contributed by atoms with Crippen molar-refractivity contribution in [3.63, 3.8) is 0 Å². The molecule has 2 rings (SSSR count). The first-order chi connectivity index (χ1) is 11.5. The van der Waals surface area contributed by atoms with Crippen LogP contribution in [0.2, 0.25) is 5.02 Å². The summed E-state index contributed by atoms with van der Waals surface area (Å²) in [5.41, 5.74) is 2.07. The van der Waals surface area contributed by atoms with Crippen LogP contribution in [0.4, 0.5) is 5.69 Å². The van der Waals surface area contributed by atoms with Gasteiger partial charge in [-0.2, -0.15) is 5.10 Å². The van der Waals surface area contributed by atoms with Crippen LogP contribution in [0.5, 0.6) is 11.5 Å². The van der Waals surface area contributed by atoms with E-state index in [1.807, 2.05) is 12.1 Å². The first kappa shape index (κ1) is 17.9. The quantitative estimate of drug-likeness (QED) is 0.779. The maximum absolute atomic E-state index is 11.8. The van der Waals surface area contributed by atoms with Crippen LogP contribution < -0.4 is 20.3 Å². The van der Waals surface area contributed by atoms with Gasteiger partial charge in [-0.1, -0.05) is 17.7 Å². The summed E-state index contributed by atoms with van der Waals surface area (Å²) in [4.78, 5) is 11.8. The van der Waals surface area contributed by atoms with Crippen LogP contribution in [-0.4, -0.2) is 24.0 Å². The van der Waals surface area contributed by atoms with Crippen molar-refractivity contribution in [2.24, 2.45) is 7.05 Å². The molecule has 128 valence electrons. The van der Waals surface area contributed by atoms with Gasteiger partial charge >= 0.3 is 0 Å². The molecule has 1 aromatic heterocycles. The molecule has 24 heavy (non-hydrogen) atoms. The van der Waals surface area contributed by atoms with Crippen molar-refractivity contribution >= 4 is 17.3 Å². The topological polar surface area (TPSA) is 65.4 Å². The van der Waals surface area contributed by atoms with E-state index in [0.29, 0.717) is 30.2 Å². The number of anilines is 1. The summed E-state index contributed by atoms with van der Waals surface area (Å²) in [7, 11) is 4.75. The number of nitrogens with zero attached hydrogens (tertiary/aromatic N) is 2. The Morgan fingerprint density at radius 2 is 2.12 bits per heavy atom. The Kier molecular flexibility index (Phi) is 5.87. The predicted molar refractivity (Wildman–Crippen MR) is 95.3 cm³/mol. The summed E-state index contributed by atoms with van der Waals surface area (Å²) in [5, 5.41) is 7.20. The third kappa shape index (κ3) is 3.71. The number of hydrogen-bond acceptors (Lipinski definition) is 5. The molecule has 7 heteroatoms. The predicted octanol–water partition coefficient (Wildman–Crippen LogP) is 2.79. The van der Waals surface area contributed by atoms with Crippen molar-refractivity contribution in [1.29, 1.82) is 0 Å². The standard InChI is InChI=1S/C17H20ClN3O3/c1-5-6-12-7-11(8-14(23-3)16(12)24-4)9-19-13-10-20-21(2)17(22)15(13)18/h5,7-8,10,19H,1,6,9H2,2-4H3. The molecule has 6 nitrogen and oxygen atoms in total. The number of aryl methyl sites for hydroxylation is 1. The fourth-order valence-corrected chi connectivity index (χ4v) is 2.58. The van der Waals surface area contributed by atoms with Crippen LogP contribution in [0, 0.1) is 0 Å². The van der Waals surface area contributed by atoms with Gasteiger partial charge in [0, 0.05) is 19.2 Å². The van der Waals surface area contributed by atoms with Crippen LogP contribution in [0.15, 0.2) is 35.8 Å². The Balaban J connectivity index is 2.30. The largest absolute Gasteiger partial charge is 0.493 e. The summed E-state index contributed by atoms with van der Waals surface area (Å²) < 4.78 is 12.0. The van der Waals surface area contributed by atoms with Gasteiger partial charge in [0.05, 0.1) is 26.1 Å². The smallest absolute Gasteiger partial charge is 0.287 e. The molecule has 0 saturated carbocycles. The number of ether oxygens (including phenoxy) is 2. The second kappa shape index (κ2) is 7.88. The third-order valence-corrected chi connectivity index (χ3v) is 3.91. The molecule has 0 amide bonds. The highest BCUT2D eigenvalue weighted by atomic mass is 35.5. The van der Waals surface area contributed by atoms with Crippen LogP contribution in [-0.2, 0) is 20.0 Å². The Morgan fingerprint density at radius 1 is 1.38 bits per heavy atom. The van der Waals surface area contributed by atoms with Crippen molar-refractivity contribution in [2.75, 3.05) is 19.5 Å². The Bertz CT molecular complexity index is 802. The maximum atomic E-state index is 11.8. The molecule has 0 atom stereocenters. The molecular weight excluding hydrogens is 330 g/mol. The monoisotopic (exact) mass is 349 g/mol. The molecule has 1 N–H and O–H groups in total. The van der Waals surface area contributed by atoms with E-state index in [-0.39, 0.29) is 10.6 Å². The SMILES string of the molecule is C=CCc1cc(CNc2cnn(C)c(=O)c2Cl)cc(OC)c1OC. The Morgan fingerprint density at radius 3 is 2.75 bits per heavy atom. The number of allylic oxidation sites excluding steroid dienone is 1. The fourth-order valence-electron chi connectivity index (χ4n) is 2.35. The molecule has 0 aliphatic rings. The molecule has 2 aromatic rings. The van der Waals surface area contributed by atoms with Gasteiger partial charge in [-0.3, -0.25) is 4.79 Å². The van der Waals surface area contributed by atoms with Crippen molar-refractivity contribution in [2.45, 2.75) is 13.0 Å². The number of halogens is 1.